The molecule has 1 unspecified atom stereocenters. The van der Waals surface area contributed by atoms with Crippen LogP contribution in [0, 0.1) is 17.2 Å². The van der Waals surface area contributed by atoms with Crippen molar-refractivity contribution >= 4 is 5.91 Å². The van der Waals surface area contributed by atoms with E-state index >= 15 is 0 Å². The van der Waals surface area contributed by atoms with Crippen LogP contribution in [-0.4, -0.2) is 34.2 Å². The Balaban J connectivity index is 2.11. The van der Waals surface area contributed by atoms with E-state index in [9.17, 15) is 9.90 Å². The van der Waals surface area contributed by atoms with E-state index in [1.54, 1.807) is 23.1 Å². The van der Waals surface area contributed by atoms with E-state index in [4.69, 9.17) is 10.00 Å². The number of ether oxygens (including phenoxy) is 1. The maximum absolute atomic E-state index is 12.4. The van der Waals surface area contributed by atoms with Gasteiger partial charge < -0.3 is 14.7 Å². The van der Waals surface area contributed by atoms with E-state index in [0.717, 1.165) is 6.42 Å². The Morgan fingerprint density at radius 2 is 2.18 bits per heavy atom. The van der Waals surface area contributed by atoms with E-state index in [1.807, 2.05) is 20.8 Å². The number of rotatable bonds is 1. The highest BCUT2D eigenvalue weighted by atomic mass is 16.5. The molecule has 0 saturated carbocycles. The largest absolute Gasteiger partial charge is 0.485 e. The van der Waals surface area contributed by atoms with E-state index in [0.29, 0.717) is 23.4 Å². The van der Waals surface area contributed by atoms with E-state index in [1.165, 1.54) is 0 Å². The molecule has 3 rings (SSSR count). The second kappa shape index (κ2) is 4.99. The smallest absolute Gasteiger partial charge is 0.226 e. The molecule has 2 aliphatic heterocycles. The van der Waals surface area contributed by atoms with Gasteiger partial charge in [-0.25, -0.2) is 0 Å². The van der Waals surface area contributed by atoms with Crippen molar-refractivity contribution in [3.8, 4) is 11.8 Å². The predicted octanol–water partition coefficient (Wildman–Crippen LogP) is 2.00. The lowest BCUT2D eigenvalue weighted by Crippen LogP contribution is -2.54. The Hall–Kier alpha value is -2.06. The van der Waals surface area contributed by atoms with Crippen molar-refractivity contribution < 1.29 is 14.6 Å². The first-order chi connectivity index (χ1) is 10.3. The summed E-state index contributed by atoms with van der Waals surface area (Å²) in [5.74, 6) is 0.655. The van der Waals surface area contributed by atoms with Crippen molar-refractivity contribution in [1.82, 2.24) is 4.90 Å². The van der Waals surface area contributed by atoms with Gasteiger partial charge in [0, 0.05) is 18.0 Å². The number of amides is 1. The van der Waals surface area contributed by atoms with Crippen molar-refractivity contribution in [2.75, 3.05) is 6.54 Å². The van der Waals surface area contributed by atoms with E-state index in [-0.39, 0.29) is 11.8 Å². The van der Waals surface area contributed by atoms with Gasteiger partial charge in [-0.15, -0.1) is 0 Å². The van der Waals surface area contributed by atoms with Gasteiger partial charge in [-0.3, -0.25) is 4.79 Å². The molecule has 5 heteroatoms. The van der Waals surface area contributed by atoms with Gasteiger partial charge in [-0.1, -0.05) is 6.92 Å². The second-order valence-electron chi connectivity index (χ2n) is 6.68. The molecule has 2 aliphatic rings. The van der Waals surface area contributed by atoms with Crippen LogP contribution >= 0.6 is 0 Å². The zero-order chi connectivity index (χ0) is 16.1. The minimum Gasteiger partial charge on any atom is -0.485 e. The number of benzene rings is 1. The Kier molecular flexibility index (Phi) is 3.37. The number of fused-ring (bicyclic) bond motifs is 1. The molecule has 1 aromatic rings. The molecule has 5 nitrogen and oxygen atoms in total. The van der Waals surface area contributed by atoms with Crippen LogP contribution in [0.4, 0.5) is 0 Å². The molecule has 1 fully saturated rings. The van der Waals surface area contributed by atoms with Crippen LogP contribution < -0.4 is 4.74 Å². The highest BCUT2D eigenvalue weighted by Crippen LogP contribution is 2.44. The molecule has 3 atom stereocenters. The number of nitriles is 1. The molecule has 1 saturated heterocycles. The predicted molar refractivity (Wildman–Crippen MR) is 80.1 cm³/mol. The summed E-state index contributed by atoms with van der Waals surface area (Å²) in [6, 6.07) is 6.79. The molecule has 22 heavy (non-hydrogen) atoms. The summed E-state index contributed by atoms with van der Waals surface area (Å²) in [5, 5.41) is 19.9. The van der Waals surface area contributed by atoms with Gasteiger partial charge in [0.15, 0.2) is 0 Å². The van der Waals surface area contributed by atoms with Gasteiger partial charge in [-0.2, -0.15) is 5.26 Å². The van der Waals surface area contributed by atoms with Crippen LogP contribution in [0.5, 0.6) is 5.75 Å². The Labute approximate surface area is 130 Å². The van der Waals surface area contributed by atoms with Gasteiger partial charge in [0.25, 0.3) is 0 Å². The summed E-state index contributed by atoms with van der Waals surface area (Å²) in [7, 11) is 0. The number of hydrogen-bond donors (Lipinski definition) is 1. The lowest BCUT2D eigenvalue weighted by molar-refractivity contribution is -0.142. The summed E-state index contributed by atoms with van der Waals surface area (Å²) >= 11 is 0. The summed E-state index contributed by atoms with van der Waals surface area (Å²) in [5.41, 5.74) is 0.421. The third-order valence-corrected chi connectivity index (χ3v) is 4.69. The number of likely N-dealkylation sites (tertiary alicyclic amines) is 1. The van der Waals surface area contributed by atoms with E-state index in [2.05, 4.69) is 6.07 Å². The standard InChI is InChI=1S/C17H20N2O3/c1-10-6-7-19(16(10)21)14-12-8-11(9-18)4-5-13(12)22-17(2,3)15(14)20/h4-5,8,10,14-15,20H,6-7H2,1-3H3/t10?,14-,15+/m1/s1. The topological polar surface area (TPSA) is 73.6 Å². The fourth-order valence-electron chi connectivity index (χ4n) is 3.30. The molecule has 0 spiro atoms. The second-order valence-corrected chi connectivity index (χ2v) is 6.68. The maximum atomic E-state index is 12.4. The SMILES string of the molecule is CC1CCN([C@@H]2c3cc(C#N)ccc3OC(C)(C)[C@H]2O)C1=O. The number of nitrogens with zero attached hydrogens (tertiary/aromatic N) is 2. The lowest BCUT2D eigenvalue weighted by atomic mass is 9.85. The number of aliphatic hydroxyl groups is 1. The minimum atomic E-state index is -0.844. The molecule has 0 aromatic heterocycles. The summed E-state index contributed by atoms with van der Waals surface area (Å²) in [6.07, 6.45) is -0.0560. The fraction of sp³-hybridized carbons (Fsp3) is 0.529. The monoisotopic (exact) mass is 300 g/mol. The van der Waals surface area contributed by atoms with Crippen LogP contribution in [-0.2, 0) is 4.79 Å². The van der Waals surface area contributed by atoms with Crippen LogP contribution in [0.1, 0.15) is 44.4 Å². The van der Waals surface area contributed by atoms with Crippen molar-refractivity contribution in [3.05, 3.63) is 29.3 Å². The minimum absolute atomic E-state index is 0.0271. The zero-order valence-electron chi connectivity index (χ0n) is 13.0. The summed E-state index contributed by atoms with van der Waals surface area (Å²) < 4.78 is 5.89. The molecule has 1 N–H and O–H groups in total. The van der Waals surface area contributed by atoms with Crippen molar-refractivity contribution in [1.29, 1.82) is 5.26 Å². The van der Waals surface area contributed by atoms with Crippen LogP contribution in [0.2, 0.25) is 0 Å². The van der Waals surface area contributed by atoms with Gasteiger partial charge in [0.1, 0.15) is 17.5 Å². The average Bonchev–Trinajstić information content (AvgIpc) is 2.80. The molecule has 2 heterocycles. The quantitative estimate of drug-likeness (QED) is 0.861. The lowest BCUT2D eigenvalue weighted by Gasteiger charge is -2.45. The molecule has 1 aromatic carbocycles. The summed E-state index contributed by atoms with van der Waals surface area (Å²) in [4.78, 5) is 14.2. The normalized spacial score (nSPS) is 29.7. The highest BCUT2D eigenvalue weighted by Gasteiger charge is 2.48. The van der Waals surface area contributed by atoms with Gasteiger partial charge in [-0.05, 0) is 38.5 Å². The molecular weight excluding hydrogens is 280 g/mol. The third-order valence-electron chi connectivity index (χ3n) is 4.69. The molecule has 0 radical (unpaired) electrons. The first-order valence-corrected chi connectivity index (χ1v) is 7.57. The van der Waals surface area contributed by atoms with Crippen LogP contribution in [0.15, 0.2) is 18.2 Å². The van der Waals surface area contributed by atoms with Crippen LogP contribution in [0.25, 0.3) is 0 Å². The van der Waals surface area contributed by atoms with Gasteiger partial charge in [0.2, 0.25) is 5.91 Å². The zero-order valence-corrected chi connectivity index (χ0v) is 13.0. The van der Waals surface area contributed by atoms with Crippen molar-refractivity contribution in [2.45, 2.75) is 44.9 Å². The fourth-order valence-corrected chi connectivity index (χ4v) is 3.30. The Morgan fingerprint density at radius 1 is 1.45 bits per heavy atom. The Bertz CT molecular complexity index is 662. The van der Waals surface area contributed by atoms with Gasteiger partial charge >= 0.3 is 0 Å². The molecule has 0 aliphatic carbocycles. The molecular formula is C17H20N2O3. The van der Waals surface area contributed by atoms with Crippen molar-refractivity contribution in [2.24, 2.45) is 5.92 Å². The summed E-state index contributed by atoms with van der Waals surface area (Å²) in [6.45, 7) is 6.16. The highest BCUT2D eigenvalue weighted by molar-refractivity contribution is 5.81. The first kappa shape index (κ1) is 14.9. The molecule has 116 valence electrons. The number of hydrogen-bond acceptors (Lipinski definition) is 4. The van der Waals surface area contributed by atoms with E-state index < -0.39 is 17.7 Å². The van der Waals surface area contributed by atoms with Crippen molar-refractivity contribution in [3.63, 3.8) is 0 Å². The van der Waals surface area contributed by atoms with Crippen LogP contribution in [0.3, 0.4) is 0 Å². The molecule has 1 amide bonds. The van der Waals surface area contributed by atoms with Gasteiger partial charge in [0.05, 0.1) is 17.7 Å². The number of aliphatic hydroxyl groups excluding tert-OH is 1. The maximum Gasteiger partial charge on any atom is 0.226 e. The number of carbonyl (C=O) groups is 1. The average molecular weight is 300 g/mol. The Morgan fingerprint density at radius 3 is 2.77 bits per heavy atom. The third kappa shape index (κ3) is 2.15. The number of carbonyl (C=O) groups excluding carboxylic acids is 1. The first-order valence-electron chi connectivity index (χ1n) is 7.57. The molecule has 0 bridgehead atoms.